The number of piperidine rings is 1. The summed E-state index contributed by atoms with van der Waals surface area (Å²) in [6.45, 7) is 7.81. The van der Waals surface area contributed by atoms with Crippen molar-refractivity contribution in [3.05, 3.63) is 71.3 Å². The van der Waals surface area contributed by atoms with Gasteiger partial charge in [0.15, 0.2) is 0 Å². The molecule has 0 radical (unpaired) electrons. The van der Waals surface area contributed by atoms with Crippen molar-refractivity contribution in [3.8, 4) is 0 Å². The first-order valence-electron chi connectivity index (χ1n) is 10.6. The minimum Gasteiger partial charge on any atom is -0.351 e. The Kier molecular flexibility index (Phi) is 6.73. The minimum atomic E-state index is -0.548. The lowest BCUT2D eigenvalue weighted by atomic mass is 9.80. The van der Waals surface area contributed by atoms with Crippen LogP contribution < -0.4 is 5.32 Å². The average Bonchev–Trinajstić information content (AvgIpc) is 2.74. The maximum atomic E-state index is 13.2. The summed E-state index contributed by atoms with van der Waals surface area (Å²) in [5.74, 6) is 0.0217. The monoisotopic (exact) mass is 392 g/mol. The molecule has 2 aromatic carbocycles. The Morgan fingerprint density at radius 1 is 1.10 bits per heavy atom. The molecule has 0 bridgehead atoms. The van der Waals surface area contributed by atoms with Crippen molar-refractivity contribution in [2.24, 2.45) is 5.41 Å². The fraction of sp³-hybridized carbons (Fsp3) is 0.440. The molecule has 2 atom stereocenters. The number of rotatable bonds is 6. The molecule has 1 heterocycles. The molecule has 1 N–H and O–H groups in total. The van der Waals surface area contributed by atoms with Crippen molar-refractivity contribution in [2.45, 2.75) is 52.5 Å². The topological polar surface area (TPSA) is 49.4 Å². The van der Waals surface area contributed by atoms with E-state index < -0.39 is 5.41 Å². The maximum Gasteiger partial charge on any atom is 0.230 e. The molecule has 0 aliphatic carbocycles. The summed E-state index contributed by atoms with van der Waals surface area (Å²) in [7, 11) is 0. The Morgan fingerprint density at radius 2 is 1.79 bits per heavy atom. The summed E-state index contributed by atoms with van der Waals surface area (Å²) in [5.41, 5.74) is 2.80. The number of hydrogen-bond acceptors (Lipinski definition) is 2. The second-order valence-electron chi connectivity index (χ2n) is 8.46. The summed E-state index contributed by atoms with van der Waals surface area (Å²) in [5, 5.41) is 3.09. The number of nitrogens with zero attached hydrogens (tertiary/aromatic N) is 1. The van der Waals surface area contributed by atoms with E-state index in [9.17, 15) is 9.59 Å². The molecule has 1 aliphatic heterocycles. The predicted octanol–water partition coefficient (Wildman–Crippen LogP) is 4.43. The SMILES string of the molecule is CCC(C(=O)N1CCCC(C)(C(=O)NCc2ccc(C)cc2)C1)c1ccccc1. The van der Waals surface area contributed by atoms with Gasteiger partial charge >= 0.3 is 0 Å². The fourth-order valence-electron chi connectivity index (χ4n) is 4.17. The number of nitrogens with one attached hydrogen (secondary N) is 1. The van der Waals surface area contributed by atoms with E-state index >= 15 is 0 Å². The highest BCUT2D eigenvalue weighted by atomic mass is 16.2. The van der Waals surface area contributed by atoms with Crippen LogP contribution in [0.3, 0.4) is 0 Å². The zero-order valence-electron chi connectivity index (χ0n) is 17.8. The molecule has 154 valence electrons. The van der Waals surface area contributed by atoms with Gasteiger partial charge in [0.25, 0.3) is 0 Å². The van der Waals surface area contributed by atoms with E-state index in [1.165, 1.54) is 5.56 Å². The highest BCUT2D eigenvalue weighted by Crippen LogP contribution is 2.32. The molecule has 29 heavy (non-hydrogen) atoms. The summed E-state index contributed by atoms with van der Waals surface area (Å²) in [6.07, 6.45) is 2.42. The zero-order valence-corrected chi connectivity index (χ0v) is 17.8. The molecule has 2 aromatic rings. The van der Waals surface area contributed by atoms with E-state index in [2.05, 4.69) is 24.4 Å². The van der Waals surface area contributed by atoms with Crippen molar-refractivity contribution in [2.75, 3.05) is 13.1 Å². The Hall–Kier alpha value is -2.62. The third-order valence-electron chi connectivity index (χ3n) is 6.04. The van der Waals surface area contributed by atoms with Crippen molar-refractivity contribution >= 4 is 11.8 Å². The van der Waals surface area contributed by atoms with Crippen LogP contribution in [0.5, 0.6) is 0 Å². The van der Waals surface area contributed by atoms with E-state index in [-0.39, 0.29) is 17.7 Å². The van der Waals surface area contributed by atoms with Crippen molar-refractivity contribution < 1.29 is 9.59 Å². The van der Waals surface area contributed by atoms with E-state index in [4.69, 9.17) is 0 Å². The van der Waals surface area contributed by atoms with E-state index in [0.29, 0.717) is 13.1 Å². The van der Waals surface area contributed by atoms with Gasteiger partial charge in [0.05, 0.1) is 11.3 Å². The first kappa shape index (κ1) is 21.1. The van der Waals surface area contributed by atoms with Gasteiger partial charge in [0, 0.05) is 19.6 Å². The van der Waals surface area contributed by atoms with Gasteiger partial charge in [-0.1, -0.05) is 67.1 Å². The van der Waals surface area contributed by atoms with Crippen LogP contribution in [0.4, 0.5) is 0 Å². The lowest BCUT2D eigenvalue weighted by Gasteiger charge is -2.40. The molecule has 0 spiro atoms. The molecule has 3 rings (SSSR count). The van der Waals surface area contributed by atoms with E-state index in [1.807, 2.05) is 61.2 Å². The summed E-state index contributed by atoms with van der Waals surface area (Å²) in [4.78, 5) is 28.1. The van der Waals surface area contributed by atoms with Crippen molar-refractivity contribution in [1.29, 1.82) is 0 Å². The minimum absolute atomic E-state index is 0.0309. The van der Waals surface area contributed by atoms with Crippen LogP contribution in [0.1, 0.15) is 55.7 Å². The molecule has 1 aliphatic rings. The van der Waals surface area contributed by atoms with Crippen LogP contribution in [0.15, 0.2) is 54.6 Å². The fourth-order valence-corrected chi connectivity index (χ4v) is 4.17. The van der Waals surface area contributed by atoms with Crippen LogP contribution in [-0.4, -0.2) is 29.8 Å². The summed E-state index contributed by atoms with van der Waals surface area (Å²) in [6, 6.07) is 18.1. The zero-order chi connectivity index (χ0) is 20.9. The highest BCUT2D eigenvalue weighted by molar-refractivity contribution is 5.86. The second-order valence-corrected chi connectivity index (χ2v) is 8.46. The molecule has 0 saturated carbocycles. The second kappa shape index (κ2) is 9.25. The molecule has 1 fully saturated rings. The molecule has 4 heteroatoms. The lowest BCUT2D eigenvalue weighted by Crippen LogP contribution is -2.52. The number of aryl methyl sites for hydroxylation is 1. The van der Waals surface area contributed by atoms with Gasteiger partial charge in [-0.05, 0) is 44.2 Å². The van der Waals surface area contributed by atoms with Gasteiger partial charge < -0.3 is 10.2 Å². The number of benzene rings is 2. The molecule has 2 unspecified atom stereocenters. The maximum absolute atomic E-state index is 13.2. The number of carbonyl (C=O) groups excluding carboxylic acids is 2. The molecule has 1 saturated heterocycles. The van der Waals surface area contributed by atoms with Gasteiger partial charge in [-0.2, -0.15) is 0 Å². The van der Waals surface area contributed by atoms with Gasteiger partial charge in [-0.15, -0.1) is 0 Å². The normalized spacial score (nSPS) is 20.2. The van der Waals surface area contributed by atoms with Crippen LogP contribution in [0.2, 0.25) is 0 Å². The standard InChI is InChI=1S/C25H32N2O2/c1-4-22(21-9-6-5-7-10-21)23(28)27-16-8-15-25(3,18-27)24(29)26-17-20-13-11-19(2)12-14-20/h5-7,9-14,22H,4,8,15-18H2,1-3H3,(H,26,29). The Morgan fingerprint density at radius 3 is 2.45 bits per heavy atom. The molecule has 4 nitrogen and oxygen atoms in total. The molecule has 0 aromatic heterocycles. The summed E-state index contributed by atoms with van der Waals surface area (Å²) < 4.78 is 0. The smallest absolute Gasteiger partial charge is 0.230 e. The molecular formula is C25H32N2O2. The van der Waals surface area contributed by atoms with Gasteiger partial charge in [0.1, 0.15) is 0 Å². The molecular weight excluding hydrogens is 360 g/mol. The predicted molar refractivity (Wildman–Crippen MR) is 116 cm³/mol. The summed E-state index contributed by atoms with van der Waals surface area (Å²) >= 11 is 0. The van der Waals surface area contributed by atoms with E-state index in [0.717, 1.165) is 36.9 Å². The van der Waals surface area contributed by atoms with Crippen LogP contribution in [0.25, 0.3) is 0 Å². The van der Waals surface area contributed by atoms with Crippen LogP contribution in [0, 0.1) is 12.3 Å². The van der Waals surface area contributed by atoms with E-state index in [1.54, 1.807) is 0 Å². The Bertz CT molecular complexity index is 832. The Balaban J connectivity index is 1.65. The van der Waals surface area contributed by atoms with Crippen molar-refractivity contribution in [3.63, 3.8) is 0 Å². The third kappa shape index (κ3) is 5.06. The molecule has 2 amide bonds. The van der Waals surface area contributed by atoms with Gasteiger partial charge in [0.2, 0.25) is 11.8 Å². The largest absolute Gasteiger partial charge is 0.351 e. The quantitative estimate of drug-likeness (QED) is 0.790. The van der Waals surface area contributed by atoms with Gasteiger partial charge in [-0.25, -0.2) is 0 Å². The first-order chi connectivity index (χ1) is 13.9. The van der Waals surface area contributed by atoms with Crippen LogP contribution >= 0.6 is 0 Å². The average molecular weight is 393 g/mol. The number of hydrogen-bond donors (Lipinski definition) is 1. The van der Waals surface area contributed by atoms with Crippen molar-refractivity contribution in [1.82, 2.24) is 10.2 Å². The number of amides is 2. The lowest BCUT2D eigenvalue weighted by molar-refractivity contribution is -0.141. The van der Waals surface area contributed by atoms with Crippen LogP contribution in [-0.2, 0) is 16.1 Å². The highest BCUT2D eigenvalue weighted by Gasteiger charge is 2.40. The number of likely N-dealkylation sites (tertiary alicyclic amines) is 1. The number of carbonyl (C=O) groups is 2. The third-order valence-corrected chi connectivity index (χ3v) is 6.04. The Labute approximate surface area is 174 Å². The van der Waals surface area contributed by atoms with Gasteiger partial charge in [-0.3, -0.25) is 9.59 Å². The first-order valence-corrected chi connectivity index (χ1v) is 10.6.